The number of aliphatic hydroxyl groups is 1. The van der Waals surface area contributed by atoms with Crippen molar-refractivity contribution >= 4 is 5.91 Å². The maximum atomic E-state index is 11.9. The molecule has 1 aliphatic rings. The summed E-state index contributed by atoms with van der Waals surface area (Å²) in [5.74, 6) is 0.0432. The predicted molar refractivity (Wildman–Crippen MR) is 69.6 cm³/mol. The molecule has 0 saturated heterocycles. The highest BCUT2D eigenvalue weighted by Crippen LogP contribution is 2.30. The topological polar surface area (TPSA) is 40.5 Å². The Hall–Kier alpha value is -0.830. The fourth-order valence-electron chi connectivity index (χ4n) is 2.06. The summed E-state index contributed by atoms with van der Waals surface area (Å²) in [5, 5.41) is 9.64. The zero-order valence-corrected chi connectivity index (χ0v) is 11.7. The summed E-state index contributed by atoms with van der Waals surface area (Å²) in [7, 11) is 0. The van der Waals surface area contributed by atoms with Crippen LogP contribution in [0.3, 0.4) is 0 Å². The molecule has 98 valence electrons. The maximum absolute atomic E-state index is 11.9. The third kappa shape index (κ3) is 4.50. The fraction of sp³-hybridized carbons (Fsp3) is 0.786. The van der Waals surface area contributed by atoms with Gasteiger partial charge in [0.05, 0.1) is 12.0 Å². The summed E-state index contributed by atoms with van der Waals surface area (Å²) in [6.07, 6.45) is 3.30. The van der Waals surface area contributed by atoms with Gasteiger partial charge in [0, 0.05) is 13.1 Å². The minimum absolute atomic E-state index is 0.0432. The number of carbonyl (C=O) groups is 1. The number of nitrogens with zero attached hydrogens (tertiary/aromatic N) is 1. The van der Waals surface area contributed by atoms with Crippen LogP contribution in [-0.2, 0) is 4.79 Å². The van der Waals surface area contributed by atoms with E-state index in [4.69, 9.17) is 0 Å². The zero-order valence-electron chi connectivity index (χ0n) is 11.7. The molecule has 0 aromatic heterocycles. The number of carbonyl (C=O) groups excluding carboxylic acids is 1. The second-order valence-electron chi connectivity index (χ2n) is 6.56. The molecule has 17 heavy (non-hydrogen) atoms. The second-order valence-corrected chi connectivity index (χ2v) is 6.56. The molecule has 1 N–H and O–H groups in total. The van der Waals surface area contributed by atoms with Gasteiger partial charge >= 0.3 is 0 Å². The van der Waals surface area contributed by atoms with Crippen molar-refractivity contribution in [2.75, 3.05) is 13.1 Å². The summed E-state index contributed by atoms with van der Waals surface area (Å²) in [6, 6.07) is 0. The van der Waals surface area contributed by atoms with E-state index in [1.165, 1.54) is 5.57 Å². The third-order valence-corrected chi connectivity index (χ3v) is 3.11. The molecule has 0 aliphatic carbocycles. The van der Waals surface area contributed by atoms with Crippen molar-refractivity contribution in [3.63, 3.8) is 0 Å². The molecule has 3 heteroatoms. The Morgan fingerprint density at radius 3 is 2.29 bits per heavy atom. The van der Waals surface area contributed by atoms with Crippen LogP contribution in [0.15, 0.2) is 11.6 Å². The van der Waals surface area contributed by atoms with Gasteiger partial charge in [0.1, 0.15) is 0 Å². The van der Waals surface area contributed by atoms with Crippen molar-refractivity contribution in [2.24, 2.45) is 5.41 Å². The lowest BCUT2D eigenvalue weighted by molar-refractivity contribution is -0.135. The molecule has 0 atom stereocenters. The molecule has 0 saturated carbocycles. The van der Waals surface area contributed by atoms with E-state index < -0.39 is 5.60 Å². The van der Waals surface area contributed by atoms with Gasteiger partial charge in [-0.3, -0.25) is 4.79 Å². The number of hydrogen-bond donors (Lipinski definition) is 1. The molecular weight excluding hydrogens is 214 g/mol. The van der Waals surface area contributed by atoms with Crippen LogP contribution in [0.25, 0.3) is 0 Å². The summed E-state index contributed by atoms with van der Waals surface area (Å²) < 4.78 is 0. The molecule has 0 aromatic carbocycles. The first-order valence-corrected chi connectivity index (χ1v) is 6.29. The Labute approximate surface area is 105 Å². The fourth-order valence-corrected chi connectivity index (χ4v) is 2.06. The van der Waals surface area contributed by atoms with Crippen molar-refractivity contribution in [1.29, 1.82) is 0 Å². The SMILES string of the molecule is CC(C)(O)CC(=O)N1CC=C(C(C)(C)C)CC1. The number of rotatable bonds is 2. The average molecular weight is 239 g/mol. The molecule has 0 fully saturated rings. The standard InChI is InChI=1S/C14H25NO2/c1-13(2,3)11-6-8-15(9-7-11)12(16)10-14(4,5)17/h6,17H,7-10H2,1-5H3. The molecule has 0 unspecified atom stereocenters. The summed E-state index contributed by atoms with van der Waals surface area (Å²) in [5.41, 5.74) is 0.709. The summed E-state index contributed by atoms with van der Waals surface area (Å²) in [4.78, 5) is 13.7. The average Bonchev–Trinajstić information content (AvgIpc) is 2.14. The Balaban J connectivity index is 2.58. The van der Waals surface area contributed by atoms with Gasteiger partial charge in [-0.15, -0.1) is 0 Å². The van der Waals surface area contributed by atoms with E-state index in [1.54, 1.807) is 13.8 Å². The van der Waals surface area contributed by atoms with Crippen LogP contribution in [0.4, 0.5) is 0 Å². The smallest absolute Gasteiger partial charge is 0.225 e. The van der Waals surface area contributed by atoms with Gasteiger partial charge in [0.15, 0.2) is 0 Å². The first-order chi connectivity index (χ1) is 7.59. The molecule has 0 aromatic rings. The van der Waals surface area contributed by atoms with Gasteiger partial charge in [-0.05, 0) is 25.7 Å². The molecule has 0 radical (unpaired) electrons. The highest BCUT2D eigenvalue weighted by molar-refractivity contribution is 5.77. The van der Waals surface area contributed by atoms with Gasteiger partial charge in [0.2, 0.25) is 5.91 Å². The van der Waals surface area contributed by atoms with E-state index in [0.29, 0.717) is 6.54 Å². The molecule has 1 amide bonds. The molecule has 1 rings (SSSR count). The van der Waals surface area contributed by atoms with Crippen molar-refractivity contribution < 1.29 is 9.90 Å². The van der Waals surface area contributed by atoms with Gasteiger partial charge in [0.25, 0.3) is 0 Å². The third-order valence-electron chi connectivity index (χ3n) is 3.11. The van der Waals surface area contributed by atoms with Crippen LogP contribution in [0.2, 0.25) is 0 Å². The minimum atomic E-state index is -0.912. The van der Waals surface area contributed by atoms with E-state index in [-0.39, 0.29) is 17.7 Å². The molecule has 0 spiro atoms. The maximum Gasteiger partial charge on any atom is 0.225 e. The zero-order chi connectivity index (χ0) is 13.3. The van der Waals surface area contributed by atoms with Crippen LogP contribution in [0.1, 0.15) is 47.5 Å². The quantitative estimate of drug-likeness (QED) is 0.751. The molecular formula is C14H25NO2. The molecule has 3 nitrogen and oxygen atoms in total. The highest BCUT2D eigenvalue weighted by atomic mass is 16.3. The highest BCUT2D eigenvalue weighted by Gasteiger charge is 2.26. The Bertz CT molecular complexity index is 318. The summed E-state index contributed by atoms with van der Waals surface area (Å²) in [6.45, 7) is 11.4. The van der Waals surface area contributed by atoms with Crippen LogP contribution in [-0.4, -0.2) is 34.6 Å². The second kappa shape index (κ2) is 4.81. The number of amides is 1. The van der Waals surface area contributed by atoms with Crippen LogP contribution >= 0.6 is 0 Å². The van der Waals surface area contributed by atoms with Crippen molar-refractivity contribution in [1.82, 2.24) is 4.90 Å². The largest absolute Gasteiger partial charge is 0.390 e. The van der Waals surface area contributed by atoms with E-state index >= 15 is 0 Å². The monoisotopic (exact) mass is 239 g/mol. The lowest BCUT2D eigenvalue weighted by Crippen LogP contribution is -2.39. The molecule has 0 bridgehead atoms. The van der Waals surface area contributed by atoms with E-state index in [9.17, 15) is 9.90 Å². The Morgan fingerprint density at radius 2 is 1.94 bits per heavy atom. The van der Waals surface area contributed by atoms with Crippen LogP contribution in [0, 0.1) is 5.41 Å². The molecule has 1 aliphatic heterocycles. The normalized spacial score (nSPS) is 18.0. The minimum Gasteiger partial charge on any atom is -0.390 e. The van der Waals surface area contributed by atoms with Crippen molar-refractivity contribution in [3.8, 4) is 0 Å². The van der Waals surface area contributed by atoms with Gasteiger partial charge in [-0.1, -0.05) is 32.4 Å². The van der Waals surface area contributed by atoms with Crippen LogP contribution < -0.4 is 0 Å². The van der Waals surface area contributed by atoms with Crippen LogP contribution in [0.5, 0.6) is 0 Å². The summed E-state index contributed by atoms with van der Waals surface area (Å²) >= 11 is 0. The Kier molecular flexibility index (Phi) is 4.03. The van der Waals surface area contributed by atoms with E-state index in [0.717, 1.165) is 13.0 Å². The lowest BCUT2D eigenvalue weighted by Gasteiger charge is -2.33. The van der Waals surface area contributed by atoms with Crippen molar-refractivity contribution in [3.05, 3.63) is 11.6 Å². The first-order valence-electron chi connectivity index (χ1n) is 6.29. The first kappa shape index (κ1) is 14.2. The lowest BCUT2D eigenvalue weighted by atomic mass is 9.83. The van der Waals surface area contributed by atoms with E-state index in [2.05, 4.69) is 26.8 Å². The van der Waals surface area contributed by atoms with E-state index in [1.807, 2.05) is 4.90 Å². The van der Waals surface area contributed by atoms with Gasteiger partial charge in [-0.25, -0.2) is 0 Å². The van der Waals surface area contributed by atoms with Gasteiger partial charge in [-0.2, -0.15) is 0 Å². The van der Waals surface area contributed by atoms with Crippen molar-refractivity contribution in [2.45, 2.75) is 53.1 Å². The molecule has 1 heterocycles. The van der Waals surface area contributed by atoms with Gasteiger partial charge < -0.3 is 10.0 Å². The number of hydrogen-bond acceptors (Lipinski definition) is 2. The predicted octanol–water partition coefficient (Wildman–Crippen LogP) is 2.35. The Morgan fingerprint density at radius 1 is 1.35 bits per heavy atom.